The zero-order valence-corrected chi connectivity index (χ0v) is 7.82. The van der Waals surface area contributed by atoms with Gasteiger partial charge in [0.15, 0.2) is 12.1 Å². The molecule has 13 heavy (non-hydrogen) atoms. The van der Waals surface area contributed by atoms with Crippen molar-refractivity contribution in [3.8, 4) is 0 Å². The van der Waals surface area contributed by atoms with Gasteiger partial charge in [0, 0.05) is 7.05 Å². The molecule has 1 aromatic rings. The van der Waals surface area contributed by atoms with E-state index < -0.39 is 0 Å². The largest absolute Gasteiger partial charge is 0.325 e. The number of carbonyl (C=O) groups excluding carboxylic acids is 1. The summed E-state index contributed by atoms with van der Waals surface area (Å²) in [5.74, 6) is 0.419. The van der Waals surface area contributed by atoms with Gasteiger partial charge in [-0.25, -0.2) is 4.98 Å². The van der Waals surface area contributed by atoms with Crippen LogP contribution in [-0.4, -0.2) is 15.8 Å². The second-order valence-corrected chi connectivity index (χ2v) is 2.62. The van der Waals surface area contributed by atoms with E-state index in [1.165, 1.54) is 0 Å². The molecule has 0 bridgehead atoms. The average molecular weight is 176 g/mol. The van der Waals surface area contributed by atoms with Crippen molar-refractivity contribution in [2.24, 2.45) is 7.05 Å². The molecule has 1 heterocycles. The number of hydrogen-bond donors (Lipinski definition) is 0. The maximum absolute atomic E-state index is 10.6. The molecule has 0 fully saturated rings. The van der Waals surface area contributed by atoms with Gasteiger partial charge in [-0.15, -0.1) is 0 Å². The van der Waals surface area contributed by atoms with E-state index in [4.69, 9.17) is 0 Å². The Kier molecular flexibility index (Phi) is 2.80. The number of aldehydes is 1. The lowest BCUT2D eigenvalue weighted by atomic mass is 10.3. The molecule has 0 radical (unpaired) electrons. The van der Waals surface area contributed by atoms with Gasteiger partial charge in [-0.3, -0.25) is 4.79 Å². The van der Waals surface area contributed by atoms with Gasteiger partial charge < -0.3 is 4.57 Å². The molecule has 3 heteroatoms. The number of imidazole rings is 1. The summed E-state index contributed by atoms with van der Waals surface area (Å²) in [5.41, 5.74) is 1.64. The van der Waals surface area contributed by atoms with Crippen LogP contribution >= 0.6 is 0 Å². The minimum Gasteiger partial charge on any atom is -0.325 e. The van der Waals surface area contributed by atoms with E-state index in [9.17, 15) is 4.79 Å². The SMILES string of the molecule is C=Cc1c(/C=C\C)nc(C=O)n1C. The molecule has 0 aromatic carbocycles. The monoisotopic (exact) mass is 176 g/mol. The Bertz CT molecular complexity index is 361. The standard InChI is InChI=1S/C10H12N2O/c1-4-6-8-9(5-2)12(3)10(7-13)11-8/h4-7H,2H2,1,3H3/b6-4-. The fraction of sp³-hybridized carbons (Fsp3) is 0.200. The molecule has 1 rings (SSSR count). The Hall–Kier alpha value is -1.64. The van der Waals surface area contributed by atoms with Crippen LogP contribution in [-0.2, 0) is 7.05 Å². The molecule has 1 aromatic heterocycles. The number of rotatable bonds is 3. The van der Waals surface area contributed by atoms with E-state index in [1.54, 1.807) is 17.7 Å². The molecule has 0 aliphatic heterocycles. The van der Waals surface area contributed by atoms with Crippen molar-refractivity contribution in [1.82, 2.24) is 9.55 Å². The molecule has 3 nitrogen and oxygen atoms in total. The van der Waals surface area contributed by atoms with Gasteiger partial charge in [-0.1, -0.05) is 12.7 Å². The van der Waals surface area contributed by atoms with Gasteiger partial charge in [-0.05, 0) is 19.1 Å². The Balaban J connectivity index is 3.34. The summed E-state index contributed by atoms with van der Waals surface area (Å²) in [6, 6.07) is 0. The number of allylic oxidation sites excluding steroid dienone is 1. The van der Waals surface area contributed by atoms with E-state index in [0.29, 0.717) is 5.82 Å². The molecule has 0 saturated heterocycles. The van der Waals surface area contributed by atoms with Gasteiger partial charge in [0.05, 0.1) is 11.4 Å². The maximum atomic E-state index is 10.6. The van der Waals surface area contributed by atoms with Crippen LogP contribution in [0.25, 0.3) is 12.2 Å². The fourth-order valence-corrected chi connectivity index (χ4v) is 1.18. The van der Waals surface area contributed by atoms with E-state index in [-0.39, 0.29) is 0 Å². The zero-order valence-electron chi connectivity index (χ0n) is 7.82. The summed E-state index contributed by atoms with van der Waals surface area (Å²) in [5, 5.41) is 0. The highest BCUT2D eigenvalue weighted by atomic mass is 16.1. The topological polar surface area (TPSA) is 34.9 Å². The predicted molar refractivity (Wildman–Crippen MR) is 53.4 cm³/mol. The molecular formula is C10H12N2O. The first-order valence-corrected chi connectivity index (χ1v) is 4.01. The van der Waals surface area contributed by atoms with Crippen molar-refractivity contribution >= 4 is 18.4 Å². The Morgan fingerprint density at radius 2 is 2.23 bits per heavy atom. The molecule has 0 amide bonds. The highest BCUT2D eigenvalue weighted by molar-refractivity contribution is 5.73. The summed E-state index contributed by atoms with van der Waals surface area (Å²) in [6.45, 7) is 5.58. The van der Waals surface area contributed by atoms with E-state index in [0.717, 1.165) is 17.7 Å². The molecule has 0 spiro atoms. The Morgan fingerprint density at radius 3 is 2.69 bits per heavy atom. The third-order valence-corrected chi connectivity index (χ3v) is 1.83. The Labute approximate surface area is 77.4 Å². The number of nitrogens with zero attached hydrogens (tertiary/aromatic N) is 2. The maximum Gasteiger partial charge on any atom is 0.185 e. The van der Waals surface area contributed by atoms with Crippen LogP contribution in [0.4, 0.5) is 0 Å². The van der Waals surface area contributed by atoms with Crippen molar-refractivity contribution in [2.45, 2.75) is 6.92 Å². The third-order valence-electron chi connectivity index (χ3n) is 1.83. The van der Waals surface area contributed by atoms with Crippen LogP contribution in [0.3, 0.4) is 0 Å². The van der Waals surface area contributed by atoms with Crippen LogP contribution in [0.15, 0.2) is 12.7 Å². The lowest BCUT2D eigenvalue weighted by Crippen LogP contribution is -1.96. The van der Waals surface area contributed by atoms with E-state index in [2.05, 4.69) is 11.6 Å². The van der Waals surface area contributed by atoms with Crippen LogP contribution < -0.4 is 0 Å². The summed E-state index contributed by atoms with van der Waals surface area (Å²) in [4.78, 5) is 14.7. The number of carbonyl (C=O) groups is 1. The lowest BCUT2D eigenvalue weighted by Gasteiger charge is -1.96. The second kappa shape index (κ2) is 3.85. The normalized spacial score (nSPS) is 10.6. The molecule has 0 N–H and O–H groups in total. The molecule has 0 aliphatic carbocycles. The van der Waals surface area contributed by atoms with Gasteiger partial charge in [-0.2, -0.15) is 0 Å². The van der Waals surface area contributed by atoms with Crippen molar-refractivity contribution < 1.29 is 4.79 Å². The fourth-order valence-electron chi connectivity index (χ4n) is 1.18. The molecule has 0 aliphatic rings. The van der Waals surface area contributed by atoms with Crippen LogP contribution in [0.2, 0.25) is 0 Å². The highest BCUT2D eigenvalue weighted by Gasteiger charge is 2.08. The first kappa shape index (κ1) is 9.45. The molecule has 0 saturated carbocycles. The van der Waals surface area contributed by atoms with E-state index >= 15 is 0 Å². The predicted octanol–water partition coefficient (Wildman–Crippen LogP) is 1.91. The van der Waals surface area contributed by atoms with Crippen molar-refractivity contribution in [3.05, 3.63) is 29.9 Å². The molecule has 68 valence electrons. The van der Waals surface area contributed by atoms with Crippen molar-refractivity contribution in [3.63, 3.8) is 0 Å². The summed E-state index contributed by atoms with van der Waals surface area (Å²) in [7, 11) is 1.79. The minimum atomic E-state index is 0.419. The van der Waals surface area contributed by atoms with Gasteiger partial charge in [0.1, 0.15) is 0 Å². The Morgan fingerprint density at radius 1 is 1.54 bits per heavy atom. The third kappa shape index (κ3) is 1.59. The second-order valence-electron chi connectivity index (χ2n) is 2.62. The van der Waals surface area contributed by atoms with Gasteiger partial charge in [0.2, 0.25) is 0 Å². The van der Waals surface area contributed by atoms with Crippen LogP contribution in [0.1, 0.15) is 28.9 Å². The summed E-state index contributed by atoms with van der Waals surface area (Å²) in [6.07, 6.45) is 6.16. The van der Waals surface area contributed by atoms with Crippen LogP contribution in [0.5, 0.6) is 0 Å². The quantitative estimate of drug-likeness (QED) is 0.659. The summed E-state index contributed by atoms with van der Waals surface area (Å²) >= 11 is 0. The van der Waals surface area contributed by atoms with E-state index in [1.807, 2.05) is 19.1 Å². The average Bonchev–Trinajstić information content (AvgIpc) is 2.43. The first-order valence-electron chi connectivity index (χ1n) is 4.01. The lowest BCUT2D eigenvalue weighted by molar-refractivity contribution is 0.111. The summed E-state index contributed by atoms with van der Waals surface area (Å²) < 4.78 is 1.72. The molecule has 0 unspecified atom stereocenters. The smallest absolute Gasteiger partial charge is 0.185 e. The first-order chi connectivity index (χ1) is 6.24. The van der Waals surface area contributed by atoms with Gasteiger partial charge in [0.25, 0.3) is 0 Å². The van der Waals surface area contributed by atoms with Crippen molar-refractivity contribution in [2.75, 3.05) is 0 Å². The van der Waals surface area contributed by atoms with Crippen molar-refractivity contribution in [1.29, 1.82) is 0 Å². The molecule has 0 atom stereocenters. The van der Waals surface area contributed by atoms with Crippen LogP contribution in [0, 0.1) is 0 Å². The number of aromatic nitrogens is 2. The van der Waals surface area contributed by atoms with Gasteiger partial charge >= 0.3 is 0 Å². The number of hydrogen-bond acceptors (Lipinski definition) is 2. The zero-order chi connectivity index (χ0) is 9.84. The highest BCUT2D eigenvalue weighted by Crippen LogP contribution is 2.12. The molecular weight excluding hydrogens is 164 g/mol. The minimum absolute atomic E-state index is 0.419.